The van der Waals surface area contributed by atoms with Crippen molar-refractivity contribution in [2.75, 3.05) is 128 Å². The fourth-order valence-electron chi connectivity index (χ4n) is 14.3. The zero-order chi connectivity index (χ0) is 72.1. The van der Waals surface area contributed by atoms with E-state index >= 15 is 9.59 Å². The second-order valence-corrected chi connectivity index (χ2v) is 26.1. The fourth-order valence-corrected chi connectivity index (χ4v) is 14.3. The topological polar surface area (TPSA) is 244 Å². The van der Waals surface area contributed by atoms with E-state index < -0.39 is 30.3 Å². The highest BCUT2D eigenvalue weighted by Crippen LogP contribution is 2.44. The molecule has 0 saturated carbocycles. The summed E-state index contributed by atoms with van der Waals surface area (Å²) in [4.78, 5) is 98.0. The first-order chi connectivity index (χ1) is 49.1. The van der Waals surface area contributed by atoms with Gasteiger partial charge >= 0.3 is 0 Å². The van der Waals surface area contributed by atoms with Gasteiger partial charge in [-0.3, -0.25) is 28.8 Å². The van der Waals surface area contributed by atoms with Crippen LogP contribution in [0.2, 0.25) is 0 Å². The summed E-state index contributed by atoms with van der Waals surface area (Å²) in [6, 6.07) is 39.0. The van der Waals surface area contributed by atoms with Gasteiger partial charge in [-0.15, -0.1) is 0 Å². The predicted molar refractivity (Wildman–Crippen MR) is 407 cm³/mol. The second-order valence-electron chi connectivity index (χ2n) is 26.1. The van der Waals surface area contributed by atoms with Gasteiger partial charge in [0.15, 0.2) is 0 Å². The average Bonchev–Trinajstić information content (AvgIpc) is 0.751. The number of hydrogen-bond acceptors (Lipinski definition) is 12. The standard InChI is InChI=1S/C81H106N12O8/c1-9-86(10-2)57-33-37-65-70(51-57)100-71-52-58(87(11-3)12-4)34-38-66(71)77(65)61-29-21-23-31-63(61)80(98)91-49-47-90(48-50-91)75(95)42-41-69(79(84)97)85-74(94)55-92(45-27-19-17-25-43-82)76(96)56-93(46-28-20-18-26-44-83)81(99)64-32-24-22-30-62(64)78-67-39-35-59(88(13-5)14-6)53-72(67)101-73-54-60(36-40-68(73)78)89(15-7)16-8/h21-24,29-40,51-54,69H,9-20,25-28,41-50,55-56,82-83H2,1-8H3,(H-2,84,85,94,97)/p+2/t69-/m0/s1. The molecule has 3 heterocycles. The van der Waals surface area contributed by atoms with Gasteiger partial charge in [0.25, 0.3) is 11.8 Å². The van der Waals surface area contributed by atoms with Crippen molar-refractivity contribution >= 4 is 68.8 Å². The first-order valence-corrected chi connectivity index (χ1v) is 37.1. The van der Waals surface area contributed by atoms with Crippen molar-refractivity contribution in [3.8, 4) is 44.9 Å². The van der Waals surface area contributed by atoms with E-state index in [0.717, 1.165) is 152 Å². The number of carbonyl (C=O) groups excluding carboxylic acids is 6. The van der Waals surface area contributed by atoms with E-state index in [9.17, 15) is 19.2 Å². The Labute approximate surface area is 596 Å². The van der Waals surface area contributed by atoms with E-state index in [1.165, 1.54) is 4.90 Å². The molecule has 0 unspecified atom stereocenters. The van der Waals surface area contributed by atoms with Gasteiger partial charge in [-0.05, 0) is 160 Å². The van der Waals surface area contributed by atoms with Crippen LogP contribution in [0.1, 0.15) is 140 Å². The van der Waals surface area contributed by atoms with E-state index in [0.29, 0.717) is 65.3 Å². The van der Waals surface area contributed by atoms with Crippen LogP contribution in [0.15, 0.2) is 130 Å². The maximum atomic E-state index is 15.6. The van der Waals surface area contributed by atoms with Crippen molar-refractivity contribution in [1.29, 1.82) is 0 Å². The number of rotatable bonds is 35. The zero-order valence-corrected chi connectivity index (χ0v) is 61.0. The number of anilines is 2. The van der Waals surface area contributed by atoms with Crippen LogP contribution in [0.4, 0.5) is 11.4 Å². The molecule has 0 aromatic heterocycles. The third kappa shape index (κ3) is 18.2. The lowest BCUT2D eigenvalue weighted by molar-refractivity contribution is -0.137. The highest BCUT2D eigenvalue weighted by molar-refractivity contribution is 6.11. The maximum Gasteiger partial charge on any atom is 0.254 e. The fraction of sp³-hybridized carbons (Fsp3) is 0.457. The summed E-state index contributed by atoms with van der Waals surface area (Å²) in [5, 5.41) is 6.55. The number of unbranched alkanes of at least 4 members (excludes halogenated alkanes) is 6. The minimum Gasteiger partial charge on any atom is -0.456 e. The molecule has 20 nitrogen and oxygen atoms in total. The van der Waals surface area contributed by atoms with E-state index in [-0.39, 0.29) is 76.4 Å². The van der Waals surface area contributed by atoms with Gasteiger partial charge in [0.05, 0.1) is 18.7 Å². The van der Waals surface area contributed by atoms with Crippen LogP contribution in [0.25, 0.3) is 66.8 Å². The van der Waals surface area contributed by atoms with Crippen molar-refractivity contribution in [3.05, 3.63) is 143 Å². The van der Waals surface area contributed by atoms with Gasteiger partial charge in [0.1, 0.15) is 61.5 Å². The maximum absolute atomic E-state index is 15.6. The van der Waals surface area contributed by atoms with Gasteiger partial charge in [-0.1, -0.05) is 62.1 Å². The van der Waals surface area contributed by atoms with Gasteiger partial charge in [0.2, 0.25) is 34.3 Å². The normalized spacial score (nSPS) is 12.7. The van der Waals surface area contributed by atoms with Crippen LogP contribution >= 0.6 is 0 Å². The van der Waals surface area contributed by atoms with Crippen molar-refractivity contribution in [2.45, 2.75) is 126 Å². The Morgan fingerprint density at radius 2 is 0.960 bits per heavy atom. The largest absolute Gasteiger partial charge is 0.456 e. The van der Waals surface area contributed by atoms with E-state index in [1.807, 2.05) is 48.5 Å². The van der Waals surface area contributed by atoms with Gasteiger partial charge < -0.3 is 60.8 Å². The first kappa shape index (κ1) is 75.8. The number of carbonyl (C=O) groups is 6. The zero-order valence-electron chi connectivity index (χ0n) is 61.0. The summed E-state index contributed by atoms with van der Waals surface area (Å²) in [5.41, 5.74) is 27.1. The van der Waals surface area contributed by atoms with Crippen LogP contribution in [0.5, 0.6) is 0 Å². The Bertz CT molecular complexity index is 4240. The number of nitrogens with two attached hydrogens (primary N) is 3. The lowest BCUT2D eigenvalue weighted by Gasteiger charge is -2.35. The van der Waals surface area contributed by atoms with Gasteiger partial charge in [-0.25, -0.2) is 9.15 Å². The highest BCUT2D eigenvalue weighted by Gasteiger charge is 2.32. The molecule has 0 spiro atoms. The number of benzene rings is 6. The molecular formula is C81H108N12O8+2. The molecule has 20 heteroatoms. The monoisotopic (exact) mass is 1380 g/mol. The predicted octanol–water partition coefficient (Wildman–Crippen LogP) is 10.1. The number of nitrogens with one attached hydrogen (secondary N) is 1. The van der Waals surface area contributed by atoms with Crippen LogP contribution in [0.3, 0.4) is 0 Å². The summed E-state index contributed by atoms with van der Waals surface area (Å²) in [7, 11) is 0. The molecule has 0 radical (unpaired) electrons. The molecule has 7 N–H and O–H groups in total. The SMILES string of the molecule is CCN(CC)c1ccc2c(-c3ccccc3C(=O)N3CCN(C(=O)CC[C@H](NC(=O)CN(CCCCCCN)C(=O)CN(CCCCCCN)C(=O)c4ccccc4-c4c5ccc(=[N+](CC)CC)cc-5oc5cc(N(CC)CC)ccc45)C(N)=O)CC3)c3ccc(=[N+](CC)CC)cc-3oc2c1. The number of nitrogens with zero attached hydrogens (tertiary/aromatic N) is 8. The minimum absolute atomic E-state index is 0.0857. The number of piperazine rings is 1. The molecule has 6 amide bonds. The van der Waals surface area contributed by atoms with Crippen LogP contribution in [-0.4, -0.2) is 179 Å². The number of hydrogen-bond donors (Lipinski definition) is 4. The molecule has 5 aliphatic rings. The Hall–Kier alpha value is -9.40. The second kappa shape index (κ2) is 36.8. The third-order valence-corrected chi connectivity index (χ3v) is 20.1. The van der Waals surface area contributed by atoms with E-state index in [4.69, 9.17) is 26.0 Å². The van der Waals surface area contributed by atoms with Crippen LogP contribution in [0, 0.1) is 0 Å². The molecule has 1 atom stereocenters. The average molecular weight is 1380 g/mol. The minimum atomic E-state index is -1.23. The number of primary amides is 1. The molecule has 1 fully saturated rings. The quantitative estimate of drug-likeness (QED) is 0.0165. The lowest BCUT2D eigenvalue weighted by atomic mass is 9.90. The van der Waals surface area contributed by atoms with Crippen LogP contribution < -0.4 is 52.2 Å². The third-order valence-electron chi connectivity index (χ3n) is 20.1. The molecular weight excluding hydrogens is 1270 g/mol. The Balaban J connectivity index is 0.909. The molecule has 2 aliphatic carbocycles. The van der Waals surface area contributed by atoms with Gasteiger partial charge in [-0.2, -0.15) is 0 Å². The lowest BCUT2D eigenvalue weighted by Crippen LogP contribution is -2.52. The number of fused-ring (bicyclic) bond motifs is 4. The molecule has 101 heavy (non-hydrogen) atoms. The van der Waals surface area contributed by atoms with E-state index in [1.54, 1.807) is 14.7 Å². The summed E-state index contributed by atoms with van der Waals surface area (Å²) in [6.45, 7) is 25.5. The molecule has 4 aromatic carbocycles. The van der Waals surface area contributed by atoms with Crippen LogP contribution in [-0.2, 0) is 19.2 Å². The van der Waals surface area contributed by atoms with Crippen molar-refractivity contribution in [2.24, 2.45) is 17.2 Å². The highest BCUT2D eigenvalue weighted by atomic mass is 16.3. The van der Waals surface area contributed by atoms with E-state index in [2.05, 4.69) is 152 Å². The van der Waals surface area contributed by atoms with Crippen molar-refractivity contribution in [1.82, 2.24) is 34.1 Å². The Morgan fingerprint density at radius 1 is 0.505 bits per heavy atom. The molecule has 1 saturated heterocycles. The molecule has 3 aliphatic heterocycles. The Kier molecular flexibility index (Phi) is 27.6. The summed E-state index contributed by atoms with van der Waals surface area (Å²) in [6.07, 6.45) is 5.81. The number of amides is 6. The molecule has 4 aromatic rings. The smallest absolute Gasteiger partial charge is 0.254 e. The van der Waals surface area contributed by atoms with Crippen molar-refractivity contribution < 1.29 is 37.6 Å². The molecule has 0 bridgehead atoms. The van der Waals surface area contributed by atoms with Gasteiger partial charge in [0, 0.05) is 152 Å². The summed E-state index contributed by atoms with van der Waals surface area (Å²) < 4.78 is 18.1. The molecule has 538 valence electrons. The summed E-state index contributed by atoms with van der Waals surface area (Å²) in [5.74, 6) is -1.25. The summed E-state index contributed by atoms with van der Waals surface area (Å²) >= 11 is 0. The Morgan fingerprint density at radius 3 is 1.44 bits per heavy atom. The molecule has 9 rings (SSSR count). The first-order valence-electron chi connectivity index (χ1n) is 37.1. The van der Waals surface area contributed by atoms with Crippen molar-refractivity contribution in [3.63, 3.8) is 0 Å².